The first kappa shape index (κ1) is 19.5. The standard InChI is InChI=1S/C22H23F3O2/c1-5-12(3)18(23)21-13(4)9-15-10-16(19(24)20(25)22(15)27-21)17-8-7-14(6-2)11-26-17/h6,10,14,17H,2-5,7-9,11H2,1H3/b21-18-. The summed E-state index contributed by atoms with van der Waals surface area (Å²) in [6.07, 6.45) is 3.20. The van der Waals surface area contributed by atoms with Crippen molar-refractivity contribution in [3.8, 4) is 5.75 Å². The minimum Gasteiger partial charge on any atom is -0.450 e. The van der Waals surface area contributed by atoms with Gasteiger partial charge in [-0.2, -0.15) is 4.39 Å². The fourth-order valence-corrected chi connectivity index (χ4v) is 3.36. The van der Waals surface area contributed by atoms with Gasteiger partial charge in [-0.15, -0.1) is 6.58 Å². The van der Waals surface area contributed by atoms with E-state index in [-0.39, 0.29) is 35.0 Å². The Kier molecular flexibility index (Phi) is 5.61. The molecule has 0 aromatic heterocycles. The molecule has 1 aromatic carbocycles. The molecule has 0 saturated carbocycles. The number of ether oxygens (including phenoxy) is 2. The largest absolute Gasteiger partial charge is 0.450 e. The Morgan fingerprint density at radius 1 is 1.30 bits per heavy atom. The molecule has 0 spiro atoms. The SMILES string of the molecule is C=CC1CCC(c2cc3c(c(F)c2F)O/C(=C(\F)C(=C)CC)C(=C)C3)OC1. The summed E-state index contributed by atoms with van der Waals surface area (Å²) in [6, 6.07) is 1.54. The van der Waals surface area contributed by atoms with E-state index >= 15 is 0 Å². The highest BCUT2D eigenvalue weighted by molar-refractivity contribution is 5.51. The molecular formula is C22H23F3O2. The molecule has 3 rings (SSSR count). The normalized spacial score (nSPS) is 24.1. The van der Waals surface area contributed by atoms with Crippen molar-refractivity contribution in [2.24, 2.45) is 5.92 Å². The van der Waals surface area contributed by atoms with Gasteiger partial charge in [-0.25, -0.2) is 8.78 Å². The van der Waals surface area contributed by atoms with Gasteiger partial charge in [-0.05, 0) is 36.5 Å². The van der Waals surface area contributed by atoms with Crippen molar-refractivity contribution in [1.29, 1.82) is 0 Å². The third-order valence-corrected chi connectivity index (χ3v) is 5.12. The van der Waals surface area contributed by atoms with Crippen LogP contribution in [0.2, 0.25) is 0 Å². The molecule has 27 heavy (non-hydrogen) atoms. The monoisotopic (exact) mass is 376 g/mol. The quantitative estimate of drug-likeness (QED) is 0.578. The Morgan fingerprint density at radius 2 is 2.04 bits per heavy atom. The smallest absolute Gasteiger partial charge is 0.201 e. The third kappa shape index (κ3) is 3.61. The van der Waals surface area contributed by atoms with Crippen LogP contribution in [-0.4, -0.2) is 6.61 Å². The second-order valence-electron chi connectivity index (χ2n) is 6.96. The van der Waals surface area contributed by atoms with E-state index in [0.29, 0.717) is 30.6 Å². The average molecular weight is 376 g/mol. The molecule has 0 radical (unpaired) electrons. The summed E-state index contributed by atoms with van der Waals surface area (Å²) in [5, 5.41) is 0. The predicted octanol–water partition coefficient (Wildman–Crippen LogP) is 6.26. The first-order valence-corrected chi connectivity index (χ1v) is 9.06. The van der Waals surface area contributed by atoms with Gasteiger partial charge in [0.15, 0.2) is 23.2 Å². The van der Waals surface area contributed by atoms with E-state index in [9.17, 15) is 13.2 Å². The van der Waals surface area contributed by atoms with Crippen LogP contribution >= 0.6 is 0 Å². The van der Waals surface area contributed by atoms with Crippen molar-refractivity contribution >= 4 is 0 Å². The topological polar surface area (TPSA) is 18.5 Å². The van der Waals surface area contributed by atoms with Gasteiger partial charge in [0.2, 0.25) is 5.82 Å². The molecule has 0 N–H and O–H groups in total. The average Bonchev–Trinajstić information content (AvgIpc) is 2.69. The van der Waals surface area contributed by atoms with Crippen LogP contribution in [-0.2, 0) is 11.2 Å². The second kappa shape index (κ2) is 7.77. The van der Waals surface area contributed by atoms with Gasteiger partial charge < -0.3 is 9.47 Å². The van der Waals surface area contributed by atoms with Gasteiger partial charge >= 0.3 is 0 Å². The van der Waals surface area contributed by atoms with Crippen LogP contribution in [0.3, 0.4) is 0 Å². The maximum atomic E-state index is 14.7. The summed E-state index contributed by atoms with van der Waals surface area (Å²) in [7, 11) is 0. The number of fused-ring (bicyclic) bond motifs is 1. The van der Waals surface area contributed by atoms with Crippen LogP contribution in [0.25, 0.3) is 0 Å². The van der Waals surface area contributed by atoms with Crippen molar-refractivity contribution in [3.05, 3.63) is 77.4 Å². The van der Waals surface area contributed by atoms with E-state index in [1.807, 2.05) is 6.08 Å². The molecule has 2 heterocycles. The highest BCUT2D eigenvalue weighted by Gasteiger charge is 2.32. The highest BCUT2D eigenvalue weighted by Crippen LogP contribution is 2.42. The van der Waals surface area contributed by atoms with E-state index < -0.39 is 23.6 Å². The molecule has 2 atom stereocenters. The van der Waals surface area contributed by atoms with Crippen LogP contribution < -0.4 is 4.74 Å². The summed E-state index contributed by atoms with van der Waals surface area (Å²) < 4.78 is 55.0. The van der Waals surface area contributed by atoms with E-state index in [4.69, 9.17) is 9.47 Å². The van der Waals surface area contributed by atoms with Gasteiger partial charge in [0.05, 0.1) is 12.7 Å². The maximum absolute atomic E-state index is 14.7. The number of hydrogen-bond donors (Lipinski definition) is 0. The summed E-state index contributed by atoms with van der Waals surface area (Å²) in [5.74, 6) is -3.07. The van der Waals surface area contributed by atoms with E-state index in [0.717, 1.165) is 6.42 Å². The summed E-state index contributed by atoms with van der Waals surface area (Å²) in [4.78, 5) is 0. The lowest BCUT2D eigenvalue weighted by atomic mass is 9.91. The van der Waals surface area contributed by atoms with Crippen LogP contribution in [0.1, 0.15) is 43.4 Å². The van der Waals surface area contributed by atoms with E-state index in [2.05, 4.69) is 19.7 Å². The summed E-state index contributed by atoms with van der Waals surface area (Å²) >= 11 is 0. The molecule has 2 aliphatic heterocycles. The fraction of sp³-hybridized carbons (Fsp3) is 0.364. The Hall–Kier alpha value is -2.27. The van der Waals surface area contributed by atoms with Crippen molar-refractivity contribution in [1.82, 2.24) is 0 Å². The van der Waals surface area contributed by atoms with Gasteiger partial charge in [0.1, 0.15) is 0 Å². The molecule has 0 amide bonds. The Balaban J connectivity index is 1.96. The molecule has 2 nitrogen and oxygen atoms in total. The Labute approximate surface area is 157 Å². The molecule has 1 aromatic rings. The lowest BCUT2D eigenvalue weighted by Crippen LogP contribution is -2.21. The first-order chi connectivity index (χ1) is 12.9. The van der Waals surface area contributed by atoms with Gasteiger partial charge in [0.25, 0.3) is 0 Å². The zero-order valence-corrected chi connectivity index (χ0v) is 15.4. The number of halogens is 3. The van der Waals surface area contributed by atoms with Crippen LogP contribution in [0.15, 0.2) is 54.6 Å². The summed E-state index contributed by atoms with van der Waals surface area (Å²) in [6.45, 7) is 13.4. The lowest BCUT2D eigenvalue weighted by molar-refractivity contribution is -0.00745. The zero-order chi connectivity index (χ0) is 19.7. The van der Waals surface area contributed by atoms with Crippen LogP contribution in [0.4, 0.5) is 13.2 Å². The first-order valence-electron chi connectivity index (χ1n) is 9.06. The van der Waals surface area contributed by atoms with Crippen molar-refractivity contribution in [2.75, 3.05) is 6.61 Å². The van der Waals surface area contributed by atoms with Crippen LogP contribution in [0, 0.1) is 17.6 Å². The minimum atomic E-state index is -1.13. The Bertz CT molecular complexity index is 830. The van der Waals surface area contributed by atoms with Gasteiger partial charge in [0, 0.05) is 23.5 Å². The van der Waals surface area contributed by atoms with Crippen molar-refractivity contribution in [3.63, 3.8) is 0 Å². The highest BCUT2D eigenvalue weighted by atomic mass is 19.2. The number of rotatable bonds is 4. The predicted molar refractivity (Wildman–Crippen MR) is 99.0 cm³/mol. The second-order valence-corrected chi connectivity index (χ2v) is 6.96. The van der Waals surface area contributed by atoms with E-state index in [1.54, 1.807) is 13.0 Å². The van der Waals surface area contributed by atoms with Crippen molar-refractivity contribution < 1.29 is 22.6 Å². The lowest BCUT2D eigenvalue weighted by Gasteiger charge is -2.30. The van der Waals surface area contributed by atoms with Crippen LogP contribution in [0.5, 0.6) is 5.75 Å². The molecule has 0 aliphatic carbocycles. The number of hydrogen-bond acceptors (Lipinski definition) is 2. The third-order valence-electron chi connectivity index (χ3n) is 5.12. The molecule has 2 aliphatic rings. The molecule has 144 valence electrons. The van der Waals surface area contributed by atoms with Gasteiger partial charge in [-0.1, -0.05) is 26.2 Å². The molecule has 2 unspecified atom stereocenters. The Morgan fingerprint density at radius 3 is 2.63 bits per heavy atom. The number of allylic oxidation sites excluding steroid dienone is 3. The zero-order valence-electron chi connectivity index (χ0n) is 15.4. The molecular weight excluding hydrogens is 353 g/mol. The molecule has 1 saturated heterocycles. The molecule has 1 fully saturated rings. The number of benzene rings is 1. The van der Waals surface area contributed by atoms with Crippen molar-refractivity contribution in [2.45, 2.75) is 38.7 Å². The minimum absolute atomic E-state index is 0.163. The van der Waals surface area contributed by atoms with Gasteiger partial charge in [-0.3, -0.25) is 0 Å². The molecule has 0 bridgehead atoms. The fourth-order valence-electron chi connectivity index (χ4n) is 3.36. The summed E-state index contributed by atoms with van der Waals surface area (Å²) in [5.41, 5.74) is 1.18. The maximum Gasteiger partial charge on any atom is 0.201 e. The molecule has 5 heteroatoms. The van der Waals surface area contributed by atoms with E-state index in [1.165, 1.54) is 0 Å².